The molecular weight excluding hydrogens is 192 g/mol. The summed E-state index contributed by atoms with van der Waals surface area (Å²) in [5, 5.41) is 0. The molecule has 16 heavy (non-hydrogen) atoms. The Morgan fingerprint density at radius 3 is 2.06 bits per heavy atom. The lowest BCUT2D eigenvalue weighted by Crippen LogP contribution is -2.05. The van der Waals surface area contributed by atoms with Crippen molar-refractivity contribution in [2.24, 2.45) is 17.8 Å². The largest absolute Gasteiger partial charge is 0.103 e. The van der Waals surface area contributed by atoms with Crippen LogP contribution >= 0.6 is 0 Å². The van der Waals surface area contributed by atoms with Crippen LogP contribution in [0.3, 0.4) is 0 Å². The third kappa shape index (κ3) is 9.00. The molecule has 0 aromatic heterocycles. The van der Waals surface area contributed by atoms with Crippen LogP contribution in [0.5, 0.6) is 0 Å². The van der Waals surface area contributed by atoms with Crippen LogP contribution in [0.4, 0.5) is 0 Å². The second-order valence-electron chi connectivity index (χ2n) is 5.80. The molecule has 0 aromatic carbocycles. The number of hydrogen-bond donors (Lipinski definition) is 0. The summed E-state index contributed by atoms with van der Waals surface area (Å²) in [5.41, 5.74) is 0. The van der Waals surface area contributed by atoms with Gasteiger partial charge in [0, 0.05) is 0 Å². The van der Waals surface area contributed by atoms with Gasteiger partial charge in [-0.2, -0.15) is 0 Å². The number of hydrogen-bond acceptors (Lipinski definition) is 0. The molecule has 0 heterocycles. The monoisotopic (exact) mass is 224 g/mol. The third-order valence-electron chi connectivity index (χ3n) is 3.58. The minimum Gasteiger partial charge on any atom is -0.103 e. The molecule has 0 amide bonds. The van der Waals surface area contributed by atoms with Gasteiger partial charge in [0.2, 0.25) is 0 Å². The van der Waals surface area contributed by atoms with Crippen LogP contribution in [0.25, 0.3) is 0 Å². The molecule has 0 heteroatoms. The van der Waals surface area contributed by atoms with E-state index in [0.717, 1.165) is 17.8 Å². The molecule has 0 bridgehead atoms. The molecule has 0 saturated carbocycles. The van der Waals surface area contributed by atoms with Gasteiger partial charge in [0.25, 0.3) is 0 Å². The van der Waals surface area contributed by atoms with E-state index < -0.39 is 0 Å². The van der Waals surface area contributed by atoms with Crippen LogP contribution in [0.1, 0.15) is 72.6 Å². The van der Waals surface area contributed by atoms with Gasteiger partial charge in [-0.15, -0.1) is 6.58 Å². The van der Waals surface area contributed by atoms with E-state index in [2.05, 4.69) is 40.3 Å². The predicted octanol–water partition coefficient (Wildman–Crippen LogP) is 5.83. The van der Waals surface area contributed by atoms with E-state index in [4.69, 9.17) is 0 Å². The Morgan fingerprint density at radius 2 is 1.50 bits per heavy atom. The molecule has 0 rings (SSSR count). The van der Waals surface area contributed by atoms with Crippen molar-refractivity contribution >= 4 is 0 Å². The van der Waals surface area contributed by atoms with Crippen molar-refractivity contribution in [3.05, 3.63) is 12.7 Å². The Labute approximate surface area is 104 Å². The topological polar surface area (TPSA) is 0 Å². The van der Waals surface area contributed by atoms with Crippen LogP contribution < -0.4 is 0 Å². The number of unbranched alkanes of at least 4 members (excludes halogenated alkanes) is 1. The van der Waals surface area contributed by atoms with Crippen molar-refractivity contribution in [3.63, 3.8) is 0 Å². The first-order valence-electron chi connectivity index (χ1n) is 7.21. The molecule has 0 N–H and O–H groups in total. The number of rotatable bonds is 10. The Hall–Kier alpha value is -0.260. The summed E-state index contributed by atoms with van der Waals surface area (Å²) in [5.74, 6) is 2.65. The Kier molecular flexibility index (Phi) is 9.77. The zero-order valence-electron chi connectivity index (χ0n) is 12.0. The van der Waals surface area contributed by atoms with Gasteiger partial charge in [0.05, 0.1) is 0 Å². The first-order chi connectivity index (χ1) is 7.60. The maximum Gasteiger partial charge on any atom is -0.0328 e. The molecule has 0 saturated heterocycles. The lowest BCUT2D eigenvalue weighted by molar-refractivity contribution is 0.344. The van der Waals surface area contributed by atoms with Gasteiger partial charge in [0.1, 0.15) is 0 Å². The highest BCUT2D eigenvalue weighted by Gasteiger charge is 2.10. The molecule has 0 nitrogen and oxygen atoms in total. The average molecular weight is 224 g/mol. The summed E-state index contributed by atoms with van der Waals surface area (Å²) in [4.78, 5) is 0. The summed E-state index contributed by atoms with van der Waals surface area (Å²) in [6, 6.07) is 0. The van der Waals surface area contributed by atoms with E-state index in [-0.39, 0.29) is 0 Å². The normalized spacial score (nSPS) is 16.8. The zero-order valence-corrected chi connectivity index (χ0v) is 12.0. The van der Waals surface area contributed by atoms with Crippen molar-refractivity contribution in [3.8, 4) is 0 Å². The summed E-state index contributed by atoms with van der Waals surface area (Å²) in [7, 11) is 0. The van der Waals surface area contributed by atoms with E-state index in [0.29, 0.717) is 0 Å². The van der Waals surface area contributed by atoms with E-state index in [1.54, 1.807) is 0 Å². The highest BCUT2D eigenvalue weighted by molar-refractivity contribution is 4.71. The molecule has 0 aliphatic carbocycles. The molecule has 3 atom stereocenters. The first-order valence-corrected chi connectivity index (χ1v) is 7.21. The minimum atomic E-state index is 0.825. The Bertz CT molecular complexity index is 159. The zero-order chi connectivity index (χ0) is 12.4. The second-order valence-corrected chi connectivity index (χ2v) is 5.80. The standard InChI is InChI=1S/C16H32/c1-6-8-10-15(4)13-16(5)12-11-14(3)9-7-2/h7,14-16H,2,6,8-13H2,1,3-5H3. The van der Waals surface area contributed by atoms with Gasteiger partial charge in [-0.25, -0.2) is 0 Å². The molecule has 0 aliphatic heterocycles. The average Bonchev–Trinajstić information content (AvgIpc) is 2.24. The fourth-order valence-electron chi connectivity index (χ4n) is 2.45. The van der Waals surface area contributed by atoms with E-state index in [1.165, 1.54) is 44.9 Å². The molecular formula is C16H32. The van der Waals surface area contributed by atoms with Crippen LogP contribution in [-0.4, -0.2) is 0 Å². The summed E-state index contributed by atoms with van der Waals surface area (Å²) < 4.78 is 0. The molecule has 3 unspecified atom stereocenters. The van der Waals surface area contributed by atoms with Crippen molar-refractivity contribution in [2.75, 3.05) is 0 Å². The lowest BCUT2D eigenvalue weighted by atomic mass is 9.88. The van der Waals surface area contributed by atoms with Gasteiger partial charge < -0.3 is 0 Å². The quantitative estimate of drug-likeness (QED) is 0.409. The van der Waals surface area contributed by atoms with E-state index in [9.17, 15) is 0 Å². The van der Waals surface area contributed by atoms with Crippen molar-refractivity contribution in [1.82, 2.24) is 0 Å². The van der Waals surface area contributed by atoms with Gasteiger partial charge in [-0.05, 0) is 30.6 Å². The van der Waals surface area contributed by atoms with Crippen molar-refractivity contribution in [2.45, 2.75) is 72.6 Å². The summed E-state index contributed by atoms with van der Waals surface area (Å²) in [6.45, 7) is 13.3. The molecule has 0 aromatic rings. The first kappa shape index (κ1) is 15.7. The van der Waals surface area contributed by atoms with Gasteiger partial charge >= 0.3 is 0 Å². The third-order valence-corrected chi connectivity index (χ3v) is 3.58. The maximum absolute atomic E-state index is 3.81. The highest BCUT2D eigenvalue weighted by atomic mass is 14.2. The van der Waals surface area contributed by atoms with Crippen molar-refractivity contribution in [1.29, 1.82) is 0 Å². The Morgan fingerprint density at radius 1 is 0.938 bits per heavy atom. The van der Waals surface area contributed by atoms with Crippen LogP contribution in [-0.2, 0) is 0 Å². The van der Waals surface area contributed by atoms with Gasteiger partial charge in [-0.3, -0.25) is 0 Å². The smallest absolute Gasteiger partial charge is 0.0328 e. The molecule has 96 valence electrons. The second kappa shape index (κ2) is 9.93. The Balaban J connectivity index is 3.56. The van der Waals surface area contributed by atoms with E-state index in [1.807, 2.05) is 0 Å². The minimum absolute atomic E-state index is 0.825. The molecule has 0 spiro atoms. The maximum atomic E-state index is 3.81. The lowest BCUT2D eigenvalue weighted by Gasteiger charge is -2.18. The van der Waals surface area contributed by atoms with Crippen molar-refractivity contribution < 1.29 is 0 Å². The number of allylic oxidation sites excluding steroid dienone is 1. The van der Waals surface area contributed by atoms with E-state index >= 15 is 0 Å². The van der Waals surface area contributed by atoms with Crippen LogP contribution in [0.15, 0.2) is 12.7 Å². The SMILES string of the molecule is C=CCC(C)CCC(C)CC(C)CCCC. The molecule has 0 fully saturated rings. The molecule has 0 radical (unpaired) electrons. The fraction of sp³-hybridized carbons (Fsp3) is 0.875. The summed E-state index contributed by atoms with van der Waals surface area (Å²) in [6.07, 6.45) is 11.6. The van der Waals surface area contributed by atoms with Crippen LogP contribution in [0.2, 0.25) is 0 Å². The van der Waals surface area contributed by atoms with Gasteiger partial charge in [-0.1, -0.05) is 65.9 Å². The summed E-state index contributed by atoms with van der Waals surface area (Å²) >= 11 is 0. The fourth-order valence-corrected chi connectivity index (χ4v) is 2.45. The molecule has 0 aliphatic rings. The van der Waals surface area contributed by atoms with Crippen LogP contribution in [0, 0.1) is 17.8 Å². The predicted molar refractivity (Wildman–Crippen MR) is 75.7 cm³/mol. The van der Waals surface area contributed by atoms with Gasteiger partial charge in [0.15, 0.2) is 0 Å². The highest BCUT2D eigenvalue weighted by Crippen LogP contribution is 2.23.